The predicted octanol–water partition coefficient (Wildman–Crippen LogP) is 2.85. The van der Waals surface area contributed by atoms with Gasteiger partial charge in [-0.15, -0.1) is 0 Å². The van der Waals surface area contributed by atoms with Crippen LogP contribution in [0.4, 0.5) is 0 Å². The average molecular weight is 324 g/mol. The van der Waals surface area contributed by atoms with Crippen molar-refractivity contribution in [3.8, 4) is 17.6 Å². The van der Waals surface area contributed by atoms with Gasteiger partial charge in [-0.05, 0) is 49.2 Å². The summed E-state index contributed by atoms with van der Waals surface area (Å²) in [5.41, 5.74) is 2.08. The first-order valence-corrected chi connectivity index (χ1v) is 7.83. The van der Waals surface area contributed by atoms with Crippen LogP contribution in [0.1, 0.15) is 36.6 Å². The van der Waals surface area contributed by atoms with Gasteiger partial charge in [-0.3, -0.25) is 0 Å². The highest BCUT2D eigenvalue weighted by Gasteiger charge is 2.24. The van der Waals surface area contributed by atoms with Gasteiger partial charge >= 0.3 is 0 Å². The molecule has 0 spiro atoms. The lowest BCUT2D eigenvalue weighted by Gasteiger charge is -2.28. The maximum absolute atomic E-state index is 10.4. The van der Waals surface area contributed by atoms with Gasteiger partial charge in [0.2, 0.25) is 6.79 Å². The van der Waals surface area contributed by atoms with Crippen molar-refractivity contribution < 1.29 is 14.6 Å². The van der Waals surface area contributed by atoms with Crippen LogP contribution in [0.25, 0.3) is 0 Å². The van der Waals surface area contributed by atoms with Crippen molar-refractivity contribution in [2.75, 3.05) is 13.3 Å². The third kappa shape index (κ3) is 3.35. The second-order valence-electron chi connectivity index (χ2n) is 6.32. The van der Waals surface area contributed by atoms with Crippen LogP contribution in [0.3, 0.4) is 0 Å². The van der Waals surface area contributed by atoms with E-state index in [0.717, 1.165) is 22.6 Å². The van der Waals surface area contributed by atoms with Crippen molar-refractivity contribution in [1.29, 1.82) is 5.26 Å². The summed E-state index contributed by atoms with van der Waals surface area (Å²) in [6.45, 7) is 4.75. The molecular weight excluding hydrogens is 304 g/mol. The molecule has 2 aromatic rings. The Kier molecular flexibility index (Phi) is 4.43. The Bertz CT molecular complexity index is 763. The first-order valence-electron chi connectivity index (χ1n) is 7.83. The highest BCUT2D eigenvalue weighted by molar-refractivity contribution is 5.46. The average Bonchev–Trinajstić information content (AvgIpc) is 3.07. The van der Waals surface area contributed by atoms with E-state index in [9.17, 15) is 5.11 Å². The molecule has 1 aliphatic heterocycles. The number of aliphatic hydroxyl groups excluding tert-OH is 1. The van der Waals surface area contributed by atoms with Crippen LogP contribution in [-0.2, 0) is 5.54 Å². The first-order chi connectivity index (χ1) is 11.5. The quantitative estimate of drug-likeness (QED) is 0.884. The molecule has 2 aromatic carbocycles. The van der Waals surface area contributed by atoms with Crippen LogP contribution in [-0.4, -0.2) is 18.4 Å². The molecule has 0 saturated heterocycles. The Morgan fingerprint density at radius 2 is 1.88 bits per heavy atom. The van der Waals surface area contributed by atoms with Crippen molar-refractivity contribution >= 4 is 0 Å². The van der Waals surface area contributed by atoms with Gasteiger partial charge in [-0.2, -0.15) is 5.26 Å². The smallest absolute Gasteiger partial charge is 0.231 e. The fraction of sp³-hybridized carbons (Fsp3) is 0.316. The van der Waals surface area contributed by atoms with Gasteiger partial charge in [0.25, 0.3) is 0 Å². The molecule has 1 unspecified atom stereocenters. The molecule has 2 N–H and O–H groups in total. The molecule has 0 fully saturated rings. The minimum Gasteiger partial charge on any atom is -0.454 e. The van der Waals surface area contributed by atoms with Gasteiger partial charge in [0, 0.05) is 12.1 Å². The molecule has 5 nitrogen and oxygen atoms in total. The molecule has 0 amide bonds. The van der Waals surface area contributed by atoms with E-state index in [1.165, 1.54) is 0 Å². The maximum Gasteiger partial charge on any atom is 0.231 e. The van der Waals surface area contributed by atoms with E-state index in [1.54, 1.807) is 24.3 Å². The molecule has 1 heterocycles. The van der Waals surface area contributed by atoms with Crippen LogP contribution in [0.2, 0.25) is 0 Å². The number of nitrogens with one attached hydrogen (secondary N) is 1. The lowest BCUT2D eigenvalue weighted by atomic mass is 9.93. The van der Waals surface area contributed by atoms with Crippen LogP contribution < -0.4 is 14.8 Å². The van der Waals surface area contributed by atoms with Crippen LogP contribution >= 0.6 is 0 Å². The van der Waals surface area contributed by atoms with E-state index in [0.29, 0.717) is 12.1 Å². The summed E-state index contributed by atoms with van der Waals surface area (Å²) >= 11 is 0. The zero-order valence-corrected chi connectivity index (χ0v) is 13.7. The number of benzene rings is 2. The van der Waals surface area contributed by atoms with E-state index in [4.69, 9.17) is 14.7 Å². The molecule has 0 saturated carbocycles. The third-order valence-corrected chi connectivity index (χ3v) is 4.26. The Morgan fingerprint density at radius 3 is 2.58 bits per heavy atom. The van der Waals surface area contributed by atoms with Gasteiger partial charge in [-0.1, -0.05) is 18.2 Å². The zero-order valence-electron chi connectivity index (χ0n) is 13.7. The summed E-state index contributed by atoms with van der Waals surface area (Å²) in [5, 5.41) is 22.6. The SMILES string of the molecule is CC(C)(NCC(O)c1ccc(C#N)cc1)c1ccc2c(c1)OCO2. The molecule has 0 radical (unpaired) electrons. The standard InChI is InChI=1S/C19H20N2O3/c1-19(2,15-7-8-17-18(9-15)24-12-23-17)21-11-16(22)14-5-3-13(10-20)4-6-14/h3-9,16,21-22H,11-12H2,1-2H3. The monoisotopic (exact) mass is 324 g/mol. The lowest BCUT2D eigenvalue weighted by Crippen LogP contribution is -2.39. The van der Waals surface area contributed by atoms with E-state index >= 15 is 0 Å². The summed E-state index contributed by atoms with van der Waals surface area (Å²) in [4.78, 5) is 0. The number of hydrogen-bond acceptors (Lipinski definition) is 5. The molecular formula is C19H20N2O3. The Hall–Kier alpha value is -2.55. The normalized spacial score (nSPS) is 14.2. The van der Waals surface area contributed by atoms with Crippen LogP contribution in [0, 0.1) is 11.3 Å². The summed E-state index contributed by atoms with van der Waals surface area (Å²) in [5.74, 6) is 1.50. The molecule has 0 aromatic heterocycles. The van der Waals surface area contributed by atoms with Gasteiger partial charge in [0.15, 0.2) is 11.5 Å². The highest BCUT2D eigenvalue weighted by atomic mass is 16.7. The third-order valence-electron chi connectivity index (χ3n) is 4.26. The van der Waals surface area contributed by atoms with Crippen molar-refractivity contribution in [3.63, 3.8) is 0 Å². The van der Waals surface area contributed by atoms with Gasteiger partial charge in [-0.25, -0.2) is 0 Å². The van der Waals surface area contributed by atoms with Crippen molar-refractivity contribution in [3.05, 3.63) is 59.2 Å². The summed E-state index contributed by atoms with van der Waals surface area (Å²) in [6, 6.07) is 14.9. The molecule has 24 heavy (non-hydrogen) atoms. The Balaban J connectivity index is 1.66. The number of hydrogen-bond donors (Lipinski definition) is 2. The van der Waals surface area contributed by atoms with E-state index in [-0.39, 0.29) is 12.3 Å². The van der Waals surface area contributed by atoms with Crippen molar-refractivity contribution in [2.45, 2.75) is 25.5 Å². The Labute approximate surface area is 141 Å². The number of rotatable bonds is 5. The van der Waals surface area contributed by atoms with Gasteiger partial charge < -0.3 is 19.9 Å². The fourth-order valence-electron chi connectivity index (χ4n) is 2.64. The second kappa shape index (κ2) is 6.52. The van der Waals surface area contributed by atoms with E-state index in [1.807, 2.05) is 18.2 Å². The molecule has 3 rings (SSSR count). The van der Waals surface area contributed by atoms with Gasteiger partial charge in [0.1, 0.15) is 0 Å². The number of ether oxygens (including phenoxy) is 2. The zero-order chi connectivity index (χ0) is 17.2. The number of nitriles is 1. The van der Waals surface area contributed by atoms with Crippen molar-refractivity contribution in [1.82, 2.24) is 5.32 Å². The minimum absolute atomic E-state index is 0.254. The van der Waals surface area contributed by atoms with E-state index < -0.39 is 6.10 Å². The van der Waals surface area contributed by atoms with Crippen LogP contribution in [0.15, 0.2) is 42.5 Å². The highest BCUT2D eigenvalue weighted by Crippen LogP contribution is 2.35. The van der Waals surface area contributed by atoms with Crippen molar-refractivity contribution in [2.24, 2.45) is 0 Å². The number of fused-ring (bicyclic) bond motifs is 1. The first kappa shape index (κ1) is 16.3. The fourth-order valence-corrected chi connectivity index (χ4v) is 2.64. The molecule has 0 aliphatic carbocycles. The summed E-state index contributed by atoms with van der Waals surface area (Å²) < 4.78 is 10.8. The van der Waals surface area contributed by atoms with Crippen LogP contribution in [0.5, 0.6) is 11.5 Å². The Morgan fingerprint density at radius 1 is 1.17 bits per heavy atom. The molecule has 1 aliphatic rings. The van der Waals surface area contributed by atoms with E-state index in [2.05, 4.69) is 25.2 Å². The lowest BCUT2D eigenvalue weighted by molar-refractivity contribution is 0.161. The molecule has 1 atom stereocenters. The summed E-state index contributed by atoms with van der Waals surface area (Å²) in [7, 11) is 0. The summed E-state index contributed by atoms with van der Waals surface area (Å²) in [6.07, 6.45) is -0.647. The molecule has 0 bridgehead atoms. The second-order valence-corrected chi connectivity index (χ2v) is 6.32. The number of nitrogens with zero attached hydrogens (tertiary/aromatic N) is 1. The maximum atomic E-state index is 10.4. The molecule has 124 valence electrons. The molecule has 5 heteroatoms. The van der Waals surface area contributed by atoms with Gasteiger partial charge in [0.05, 0.1) is 17.7 Å². The minimum atomic E-state index is -0.647. The largest absolute Gasteiger partial charge is 0.454 e. The number of aliphatic hydroxyl groups is 1. The topological polar surface area (TPSA) is 74.5 Å². The predicted molar refractivity (Wildman–Crippen MR) is 89.7 cm³/mol.